The van der Waals surface area contributed by atoms with Gasteiger partial charge in [-0.25, -0.2) is 0 Å². The van der Waals surface area contributed by atoms with E-state index >= 15 is 0 Å². The normalized spacial score (nSPS) is 15.5. The maximum Gasteiger partial charge on any atom is 0.196 e. The maximum absolute atomic E-state index is 12.4. The number of carbonyl (C=O) groups is 1. The van der Waals surface area contributed by atoms with E-state index in [0.29, 0.717) is 23.5 Å². The fourth-order valence-corrected chi connectivity index (χ4v) is 2.81. The van der Waals surface area contributed by atoms with Crippen molar-refractivity contribution in [3.8, 4) is 11.5 Å². The van der Waals surface area contributed by atoms with Crippen molar-refractivity contribution < 1.29 is 14.3 Å². The molecule has 0 bridgehead atoms. The van der Waals surface area contributed by atoms with Gasteiger partial charge in [0.25, 0.3) is 0 Å². The van der Waals surface area contributed by atoms with Crippen LogP contribution >= 0.6 is 15.9 Å². The van der Waals surface area contributed by atoms with Gasteiger partial charge in [-0.1, -0.05) is 18.2 Å². The fraction of sp³-hybridized carbons (Fsp3) is 0.118. The third-order valence-corrected chi connectivity index (χ3v) is 3.94. The number of halogens is 1. The first kappa shape index (κ1) is 13.9. The van der Waals surface area contributed by atoms with Gasteiger partial charge in [-0.2, -0.15) is 0 Å². The van der Waals surface area contributed by atoms with E-state index in [1.807, 2.05) is 42.5 Å². The van der Waals surface area contributed by atoms with Crippen molar-refractivity contribution in [2.45, 2.75) is 0 Å². The topological polar surface area (TPSA) is 35.5 Å². The van der Waals surface area contributed by atoms with Gasteiger partial charge in [-0.3, -0.25) is 4.79 Å². The summed E-state index contributed by atoms with van der Waals surface area (Å²) in [5.74, 6) is 1.42. The summed E-state index contributed by atoms with van der Waals surface area (Å²) in [5.41, 5.74) is 2.18. The van der Waals surface area contributed by atoms with Gasteiger partial charge in [0.05, 0.1) is 17.1 Å². The lowest BCUT2D eigenvalue weighted by Crippen LogP contribution is -2.18. The lowest BCUT2D eigenvalue weighted by Gasteiger charge is -2.18. The van der Waals surface area contributed by atoms with Crippen LogP contribution in [-0.2, 0) is 0 Å². The highest BCUT2D eigenvalue weighted by Gasteiger charge is 2.22. The molecule has 0 radical (unpaired) electrons. The predicted molar refractivity (Wildman–Crippen MR) is 84.9 cm³/mol. The molecule has 3 nitrogen and oxygen atoms in total. The highest BCUT2D eigenvalue weighted by Crippen LogP contribution is 2.30. The number of para-hydroxylation sites is 1. The number of methoxy groups -OCH3 is 1. The van der Waals surface area contributed by atoms with Gasteiger partial charge < -0.3 is 9.47 Å². The van der Waals surface area contributed by atoms with E-state index in [1.54, 1.807) is 13.2 Å². The molecule has 0 aliphatic carbocycles. The monoisotopic (exact) mass is 344 g/mol. The van der Waals surface area contributed by atoms with Crippen molar-refractivity contribution in [1.29, 1.82) is 0 Å². The van der Waals surface area contributed by atoms with Gasteiger partial charge in [-0.15, -0.1) is 0 Å². The van der Waals surface area contributed by atoms with Gasteiger partial charge in [-0.05, 0) is 51.8 Å². The maximum atomic E-state index is 12.4. The number of rotatable bonds is 2. The second-order valence-electron chi connectivity index (χ2n) is 4.68. The lowest BCUT2D eigenvalue weighted by molar-refractivity contribution is 0.100. The Bertz CT molecular complexity index is 735. The zero-order valence-corrected chi connectivity index (χ0v) is 13.0. The van der Waals surface area contributed by atoms with Crippen LogP contribution in [0.5, 0.6) is 11.5 Å². The number of ketones is 1. The van der Waals surface area contributed by atoms with Crippen LogP contribution in [0, 0.1) is 0 Å². The number of hydrogen-bond donors (Lipinski definition) is 0. The van der Waals surface area contributed by atoms with Crippen LogP contribution < -0.4 is 9.47 Å². The Morgan fingerprint density at radius 1 is 1.24 bits per heavy atom. The molecule has 2 aromatic carbocycles. The minimum atomic E-state index is 0.0174. The number of fused-ring (bicyclic) bond motifs is 1. The van der Waals surface area contributed by atoms with E-state index in [1.165, 1.54) is 0 Å². The molecule has 0 unspecified atom stereocenters. The third kappa shape index (κ3) is 2.72. The van der Waals surface area contributed by atoms with Crippen molar-refractivity contribution in [2.75, 3.05) is 13.7 Å². The van der Waals surface area contributed by atoms with E-state index in [-0.39, 0.29) is 5.78 Å². The average molecular weight is 345 g/mol. The van der Waals surface area contributed by atoms with E-state index in [4.69, 9.17) is 9.47 Å². The van der Waals surface area contributed by atoms with Crippen LogP contribution in [0.15, 0.2) is 52.5 Å². The molecule has 0 aromatic heterocycles. The molecule has 4 heteroatoms. The number of hydrogen-bond acceptors (Lipinski definition) is 3. The van der Waals surface area contributed by atoms with E-state index in [2.05, 4.69) is 15.9 Å². The SMILES string of the molecule is COc1ccc(/C=C2/COc3ccccc3C2=O)cc1Br. The van der Waals surface area contributed by atoms with Crippen molar-refractivity contribution in [3.05, 3.63) is 63.6 Å². The summed E-state index contributed by atoms with van der Waals surface area (Å²) in [7, 11) is 1.62. The molecule has 3 rings (SSSR count). The fourth-order valence-electron chi connectivity index (χ4n) is 2.25. The Morgan fingerprint density at radius 3 is 2.81 bits per heavy atom. The van der Waals surface area contributed by atoms with Crippen LogP contribution in [0.2, 0.25) is 0 Å². The van der Waals surface area contributed by atoms with Gasteiger partial charge in [0.1, 0.15) is 18.1 Å². The van der Waals surface area contributed by atoms with Crippen molar-refractivity contribution in [1.82, 2.24) is 0 Å². The summed E-state index contributed by atoms with van der Waals surface area (Å²) in [6.45, 7) is 0.291. The zero-order valence-electron chi connectivity index (χ0n) is 11.4. The molecule has 0 N–H and O–H groups in total. The Labute approximate surface area is 131 Å². The Balaban J connectivity index is 1.95. The van der Waals surface area contributed by atoms with Crippen LogP contribution in [-0.4, -0.2) is 19.5 Å². The van der Waals surface area contributed by atoms with Crippen LogP contribution in [0.1, 0.15) is 15.9 Å². The summed E-state index contributed by atoms with van der Waals surface area (Å²) in [5, 5.41) is 0. The highest BCUT2D eigenvalue weighted by atomic mass is 79.9. The Kier molecular flexibility index (Phi) is 3.80. The molecule has 0 atom stereocenters. The molecule has 1 aliphatic rings. The van der Waals surface area contributed by atoms with Crippen molar-refractivity contribution in [2.24, 2.45) is 0 Å². The standard InChI is InChI=1S/C17H13BrO3/c1-20-16-7-6-11(9-14(16)18)8-12-10-21-15-5-3-2-4-13(15)17(12)19/h2-9H,10H2,1H3/b12-8-. The van der Waals surface area contributed by atoms with E-state index in [9.17, 15) is 4.79 Å². The second-order valence-corrected chi connectivity index (χ2v) is 5.53. The van der Waals surface area contributed by atoms with Crippen LogP contribution in [0.4, 0.5) is 0 Å². The molecule has 0 amide bonds. The molecule has 0 saturated heterocycles. The Hall–Kier alpha value is -2.07. The summed E-state index contributed by atoms with van der Waals surface area (Å²) >= 11 is 3.44. The first-order valence-electron chi connectivity index (χ1n) is 6.49. The van der Waals surface area contributed by atoms with Crippen LogP contribution in [0.3, 0.4) is 0 Å². The minimum absolute atomic E-state index is 0.0174. The third-order valence-electron chi connectivity index (χ3n) is 3.32. The Morgan fingerprint density at radius 2 is 2.05 bits per heavy atom. The van der Waals surface area contributed by atoms with E-state index < -0.39 is 0 Å². The molecule has 1 heterocycles. The number of Topliss-reactive ketones (excluding diaryl/α,β-unsaturated/α-hetero) is 1. The van der Waals surface area contributed by atoms with Gasteiger partial charge in [0, 0.05) is 5.57 Å². The molecule has 1 aliphatic heterocycles. The summed E-state index contributed by atoms with van der Waals surface area (Å²) in [4.78, 5) is 12.4. The molecule has 0 fully saturated rings. The molecule has 0 saturated carbocycles. The molecule has 106 valence electrons. The number of ether oxygens (including phenoxy) is 2. The highest BCUT2D eigenvalue weighted by molar-refractivity contribution is 9.10. The number of carbonyl (C=O) groups excluding carboxylic acids is 1. The van der Waals surface area contributed by atoms with Gasteiger partial charge in [0.15, 0.2) is 5.78 Å². The smallest absolute Gasteiger partial charge is 0.196 e. The quantitative estimate of drug-likeness (QED) is 0.769. The predicted octanol–water partition coefficient (Wildman–Crippen LogP) is 4.12. The molecular weight excluding hydrogens is 332 g/mol. The number of benzene rings is 2. The van der Waals surface area contributed by atoms with Gasteiger partial charge in [0.2, 0.25) is 0 Å². The largest absolute Gasteiger partial charge is 0.496 e. The molecule has 2 aromatic rings. The molecule has 0 spiro atoms. The first-order valence-corrected chi connectivity index (χ1v) is 7.29. The van der Waals surface area contributed by atoms with Crippen molar-refractivity contribution in [3.63, 3.8) is 0 Å². The summed E-state index contributed by atoms with van der Waals surface area (Å²) in [6.07, 6.45) is 1.85. The first-order chi connectivity index (χ1) is 10.2. The second kappa shape index (κ2) is 5.74. The minimum Gasteiger partial charge on any atom is -0.496 e. The van der Waals surface area contributed by atoms with Crippen LogP contribution in [0.25, 0.3) is 6.08 Å². The summed E-state index contributed by atoms with van der Waals surface area (Å²) in [6, 6.07) is 13.0. The lowest BCUT2D eigenvalue weighted by atomic mass is 9.98. The molecule has 21 heavy (non-hydrogen) atoms. The van der Waals surface area contributed by atoms with E-state index in [0.717, 1.165) is 15.8 Å². The average Bonchev–Trinajstić information content (AvgIpc) is 2.51. The molecular formula is C17H13BrO3. The zero-order chi connectivity index (χ0) is 14.8. The van der Waals surface area contributed by atoms with Crippen molar-refractivity contribution >= 4 is 27.8 Å². The summed E-state index contributed by atoms with van der Waals surface area (Å²) < 4.78 is 11.7. The van der Waals surface area contributed by atoms with Gasteiger partial charge >= 0.3 is 0 Å².